The fourth-order valence-electron chi connectivity index (χ4n) is 4.30. The number of hydrogen-bond acceptors (Lipinski definition) is 5. The number of piperidine rings is 1. The van der Waals surface area contributed by atoms with Gasteiger partial charge in [0, 0.05) is 52.1 Å². The third-order valence-electron chi connectivity index (χ3n) is 5.66. The van der Waals surface area contributed by atoms with Gasteiger partial charge in [-0.1, -0.05) is 6.07 Å². The summed E-state index contributed by atoms with van der Waals surface area (Å²) in [5, 5.41) is 4.90. The Balaban J connectivity index is 1.41. The molecule has 1 saturated heterocycles. The number of ether oxygens (including phenoxy) is 1. The number of rotatable bonds is 5. The fraction of sp³-hybridized carbons (Fsp3) is 0.619. The topological polar surface area (TPSA) is 46.4 Å². The lowest BCUT2D eigenvalue weighted by atomic mass is 10.1. The van der Waals surface area contributed by atoms with Crippen LogP contribution in [0.5, 0.6) is 0 Å². The molecule has 0 saturated carbocycles. The zero-order valence-electron chi connectivity index (χ0n) is 16.6. The maximum atomic E-state index is 5.56. The predicted molar refractivity (Wildman–Crippen MR) is 105 cm³/mol. The van der Waals surface area contributed by atoms with E-state index in [0.29, 0.717) is 6.10 Å². The van der Waals surface area contributed by atoms with Gasteiger partial charge in [0.1, 0.15) is 0 Å². The third-order valence-corrected chi connectivity index (χ3v) is 5.66. The number of pyridine rings is 1. The van der Waals surface area contributed by atoms with Crippen molar-refractivity contribution < 1.29 is 4.74 Å². The molecule has 2 aromatic rings. The first-order chi connectivity index (χ1) is 13.2. The number of nitrogens with zero attached hydrogens (tertiary/aromatic N) is 5. The minimum Gasteiger partial charge on any atom is -0.380 e. The zero-order valence-corrected chi connectivity index (χ0v) is 16.6. The molecule has 0 radical (unpaired) electrons. The highest BCUT2D eigenvalue weighted by atomic mass is 16.5. The second-order valence-corrected chi connectivity index (χ2v) is 7.92. The average molecular weight is 370 g/mol. The number of methoxy groups -OCH3 is 1. The maximum Gasteiger partial charge on any atom is 0.0768 e. The van der Waals surface area contributed by atoms with Crippen LogP contribution in [-0.4, -0.2) is 57.4 Å². The molecule has 4 heterocycles. The molecule has 0 bridgehead atoms. The zero-order chi connectivity index (χ0) is 18.6. The Labute approximate surface area is 162 Å². The Hall–Kier alpha value is -1.76. The van der Waals surface area contributed by atoms with Crippen LogP contribution < -0.4 is 0 Å². The molecular weight excluding hydrogens is 338 g/mol. The molecule has 27 heavy (non-hydrogen) atoms. The minimum atomic E-state index is 0.372. The van der Waals surface area contributed by atoms with Gasteiger partial charge in [-0.15, -0.1) is 0 Å². The van der Waals surface area contributed by atoms with Crippen molar-refractivity contribution in [2.75, 3.05) is 26.7 Å². The van der Waals surface area contributed by atoms with E-state index in [2.05, 4.69) is 50.7 Å². The summed E-state index contributed by atoms with van der Waals surface area (Å²) in [6.07, 6.45) is 3.89. The van der Waals surface area contributed by atoms with Gasteiger partial charge >= 0.3 is 0 Å². The highest BCUT2D eigenvalue weighted by Gasteiger charge is 2.22. The molecule has 0 aromatic carbocycles. The van der Waals surface area contributed by atoms with E-state index in [4.69, 9.17) is 9.84 Å². The monoisotopic (exact) mass is 369 g/mol. The predicted octanol–water partition coefficient (Wildman–Crippen LogP) is 2.60. The first-order valence-electron chi connectivity index (χ1n) is 10.2. The Morgan fingerprint density at radius 2 is 1.93 bits per heavy atom. The summed E-state index contributed by atoms with van der Waals surface area (Å²) >= 11 is 0. The molecule has 2 aromatic heterocycles. The highest BCUT2D eigenvalue weighted by molar-refractivity contribution is 5.13. The second-order valence-electron chi connectivity index (χ2n) is 7.92. The SMILES string of the molecule is CO[C@@H]1CCCN(Cc2cc3n(n2)CCCN(Cc2cccc(C)n2)C3)C1. The van der Waals surface area contributed by atoms with Crippen LogP contribution in [0.25, 0.3) is 0 Å². The van der Waals surface area contributed by atoms with Crippen LogP contribution >= 0.6 is 0 Å². The van der Waals surface area contributed by atoms with Crippen molar-refractivity contribution in [2.45, 2.75) is 58.5 Å². The van der Waals surface area contributed by atoms with Crippen LogP contribution in [0.2, 0.25) is 0 Å². The second kappa shape index (κ2) is 8.50. The molecule has 0 N–H and O–H groups in total. The quantitative estimate of drug-likeness (QED) is 0.811. The van der Waals surface area contributed by atoms with Gasteiger partial charge in [0.15, 0.2) is 0 Å². The van der Waals surface area contributed by atoms with Crippen LogP contribution in [0.3, 0.4) is 0 Å². The summed E-state index contributed by atoms with van der Waals surface area (Å²) in [7, 11) is 1.82. The average Bonchev–Trinajstić information content (AvgIpc) is 2.93. The summed E-state index contributed by atoms with van der Waals surface area (Å²) in [6, 6.07) is 8.59. The van der Waals surface area contributed by atoms with Crippen molar-refractivity contribution in [1.82, 2.24) is 24.6 Å². The number of fused-ring (bicyclic) bond motifs is 1. The Kier molecular flexibility index (Phi) is 5.86. The fourth-order valence-corrected chi connectivity index (χ4v) is 4.30. The van der Waals surface area contributed by atoms with Crippen LogP contribution in [0, 0.1) is 6.92 Å². The largest absolute Gasteiger partial charge is 0.380 e. The molecule has 6 heteroatoms. The molecule has 0 unspecified atom stereocenters. The van der Waals surface area contributed by atoms with E-state index in [9.17, 15) is 0 Å². The summed E-state index contributed by atoms with van der Waals surface area (Å²) in [5.74, 6) is 0. The van der Waals surface area contributed by atoms with Crippen molar-refractivity contribution >= 4 is 0 Å². The van der Waals surface area contributed by atoms with Crippen molar-refractivity contribution in [2.24, 2.45) is 0 Å². The van der Waals surface area contributed by atoms with Gasteiger partial charge in [-0.05, 0) is 50.9 Å². The van der Waals surface area contributed by atoms with Crippen LogP contribution in [0.1, 0.15) is 42.0 Å². The van der Waals surface area contributed by atoms with E-state index < -0.39 is 0 Å². The normalized spacial score (nSPS) is 21.8. The third kappa shape index (κ3) is 4.75. The summed E-state index contributed by atoms with van der Waals surface area (Å²) in [4.78, 5) is 9.64. The van der Waals surface area contributed by atoms with Crippen molar-refractivity contribution in [1.29, 1.82) is 0 Å². The van der Waals surface area contributed by atoms with Crippen molar-refractivity contribution in [3.05, 3.63) is 47.0 Å². The number of likely N-dealkylation sites (tertiary alicyclic amines) is 1. The molecule has 4 rings (SSSR count). The van der Waals surface area contributed by atoms with Gasteiger partial charge in [-0.2, -0.15) is 5.10 Å². The molecule has 6 nitrogen and oxygen atoms in total. The number of aryl methyl sites for hydroxylation is 2. The number of hydrogen-bond donors (Lipinski definition) is 0. The van der Waals surface area contributed by atoms with Gasteiger partial charge in [0.2, 0.25) is 0 Å². The molecule has 0 aliphatic carbocycles. The van der Waals surface area contributed by atoms with Crippen molar-refractivity contribution in [3.63, 3.8) is 0 Å². The van der Waals surface area contributed by atoms with E-state index in [0.717, 1.165) is 63.6 Å². The first kappa shape index (κ1) is 18.6. The molecule has 1 atom stereocenters. The Bertz CT molecular complexity index is 759. The first-order valence-corrected chi connectivity index (χ1v) is 10.2. The molecule has 1 fully saturated rings. The Morgan fingerprint density at radius 1 is 1.07 bits per heavy atom. The lowest BCUT2D eigenvalue weighted by molar-refractivity contribution is 0.0281. The molecule has 0 spiro atoms. The number of aromatic nitrogens is 3. The van der Waals surface area contributed by atoms with E-state index >= 15 is 0 Å². The molecule has 146 valence electrons. The van der Waals surface area contributed by atoms with Gasteiger partial charge in [0.05, 0.1) is 23.2 Å². The van der Waals surface area contributed by atoms with Gasteiger partial charge in [0.25, 0.3) is 0 Å². The van der Waals surface area contributed by atoms with Gasteiger partial charge in [-0.3, -0.25) is 19.5 Å². The van der Waals surface area contributed by atoms with E-state index in [1.54, 1.807) is 0 Å². The lowest BCUT2D eigenvalue weighted by Crippen LogP contribution is -2.38. The molecule has 2 aliphatic rings. The molecule has 2 aliphatic heterocycles. The Morgan fingerprint density at radius 3 is 2.78 bits per heavy atom. The summed E-state index contributed by atoms with van der Waals surface area (Å²) in [6.45, 7) is 9.11. The molecular formula is C21H31N5O. The molecule has 0 amide bonds. The van der Waals surface area contributed by atoms with Crippen LogP contribution in [0.15, 0.2) is 24.3 Å². The van der Waals surface area contributed by atoms with E-state index in [1.165, 1.54) is 24.2 Å². The summed E-state index contributed by atoms with van der Waals surface area (Å²) in [5.41, 5.74) is 4.76. The van der Waals surface area contributed by atoms with Crippen molar-refractivity contribution in [3.8, 4) is 0 Å². The lowest BCUT2D eigenvalue weighted by Gasteiger charge is -2.31. The van der Waals surface area contributed by atoms with E-state index in [1.807, 2.05) is 7.11 Å². The van der Waals surface area contributed by atoms with Gasteiger partial charge in [-0.25, -0.2) is 0 Å². The maximum absolute atomic E-state index is 5.56. The van der Waals surface area contributed by atoms with E-state index in [-0.39, 0.29) is 0 Å². The standard InChI is InChI=1S/C21H31N5O/c1-17-6-3-7-18(22-17)13-24-10-5-11-26-20(15-24)12-19(23-26)14-25-9-4-8-21(16-25)27-2/h3,6-7,12,21H,4-5,8-11,13-16H2,1-2H3/t21-/m1/s1. The van der Waals surface area contributed by atoms with Crippen LogP contribution in [0.4, 0.5) is 0 Å². The highest BCUT2D eigenvalue weighted by Crippen LogP contribution is 2.19. The van der Waals surface area contributed by atoms with Crippen LogP contribution in [-0.2, 0) is 30.9 Å². The minimum absolute atomic E-state index is 0.372. The summed E-state index contributed by atoms with van der Waals surface area (Å²) < 4.78 is 7.78. The van der Waals surface area contributed by atoms with Gasteiger partial charge < -0.3 is 4.74 Å². The smallest absolute Gasteiger partial charge is 0.0768 e.